The zero-order chi connectivity index (χ0) is 10.8. The Balaban J connectivity index is 2.63. The predicted molar refractivity (Wildman–Crippen MR) is 58.0 cm³/mol. The molecule has 0 aliphatic heterocycles. The van der Waals surface area contributed by atoms with Gasteiger partial charge in [-0.05, 0) is 25.1 Å². The van der Waals surface area contributed by atoms with Gasteiger partial charge in [-0.3, -0.25) is 0 Å². The van der Waals surface area contributed by atoms with Crippen LogP contribution in [0.25, 0.3) is 5.69 Å². The number of nitrogens with zero attached hydrogens (tertiary/aromatic N) is 3. The third-order valence-electron chi connectivity index (χ3n) is 2.07. The van der Waals surface area contributed by atoms with E-state index in [9.17, 15) is 0 Å². The summed E-state index contributed by atoms with van der Waals surface area (Å²) < 4.78 is 1.65. The topological polar surface area (TPSA) is 41.6 Å². The number of rotatable bonds is 1. The van der Waals surface area contributed by atoms with E-state index in [-0.39, 0.29) is 0 Å². The summed E-state index contributed by atoms with van der Waals surface area (Å²) in [6.07, 6.45) is 1.81. The average Bonchev–Trinajstić information content (AvgIpc) is 2.64. The zero-order valence-electron chi connectivity index (χ0n) is 8.11. The summed E-state index contributed by atoms with van der Waals surface area (Å²) in [5.74, 6) is 0. The van der Waals surface area contributed by atoms with E-state index in [0.29, 0.717) is 16.3 Å². The highest BCUT2D eigenvalue weighted by atomic mass is 35.5. The second-order valence-electron chi connectivity index (χ2n) is 3.15. The molecule has 15 heavy (non-hydrogen) atoms. The van der Waals surface area contributed by atoms with E-state index in [1.165, 1.54) is 0 Å². The Morgan fingerprint density at radius 1 is 1.40 bits per heavy atom. The number of aryl methyl sites for hydroxylation is 1. The number of hydrogen-bond acceptors (Lipinski definition) is 2. The lowest BCUT2D eigenvalue weighted by Crippen LogP contribution is -1.98. The van der Waals surface area contributed by atoms with Crippen molar-refractivity contribution < 1.29 is 0 Å². The van der Waals surface area contributed by atoms with Gasteiger partial charge in [0.15, 0.2) is 0 Å². The first-order valence-electron chi connectivity index (χ1n) is 4.43. The highest BCUT2D eigenvalue weighted by Crippen LogP contribution is 2.21. The third kappa shape index (κ3) is 1.72. The van der Waals surface area contributed by atoms with Crippen molar-refractivity contribution in [1.82, 2.24) is 9.78 Å². The summed E-state index contributed by atoms with van der Waals surface area (Å²) in [5, 5.41) is 13.7. The second-order valence-corrected chi connectivity index (χ2v) is 3.55. The molecule has 74 valence electrons. The predicted octanol–water partition coefficient (Wildman–Crippen LogP) is 2.71. The Hall–Kier alpha value is -1.79. The van der Waals surface area contributed by atoms with Crippen LogP contribution in [0.2, 0.25) is 5.02 Å². The molecule has 1 heterocycles. The van der Waals surface area contributed by atoms with Crippen molar-refractivity contribution in [2.45, 2.75) is 6.92 Å². The quantitative estimate of drug-likeness (QED) is 0.737. The van der Waals surface area contributed by atoms with Crippen molar-refractivity contribution in [2.24, 2.45) is 0 Å². The number of benzene rings is 1. The third-order valence-corrected chi connectivity index (χ3v) is 2.39. The van der Waals surface area contributed by atoms with Gasteiger partial charge in [-0.1, -0.05) is 17.7 Å². The maximum atomic E-state index is 8.99. The van der Waals surface area contributed by atoms with Gasteiger partial charge in [-0.2, -0.15) is 10.4 Å². The van der Waals surface area contributed by atoms with Gasteiger partial charge in [0.2, 0.25) is 0 Å². The van der Waals surface area contributed by atoms with Gasteiger partial charge >= 0.3 is 0 Å². The molecule has 0 spiro atoms. The molecule has 0 unspecified atom stereocenters. The molecule has 2 aromatic rings. The van der Waals surface area contributed by atoms with Crippen molar-refractivity contribution in [3.63, 3.8) is 0 Å². The Bertz CT molecular complexity index is 537. The normalized spacial score (nSPS) is 9.93. The monoisotopic (exact) mass is 217 g/mol. The molecule has 0 saturated heterocycles. The van der Waals surface area contributed by atoms with Crippen molar-refractivity contribution in [2.75, 3.05) is 0 Å². The fourth-order valence-electron chi connectivity index (χ4n) is 1.36. The van der Waals surface area contributed by atoms with Crippen molar-refractivity contribution in [1.29, 1.82) is 5.26 Å². The fourth-order valence-corrected chi connectivity index (χ4v) is 1.58. The van der Waals surface area contributed by atoms with Crippen LogP contribution in [0.15, 0.2) is 30.5 Å². The number of hydrogen-bond donors (Lipinski definition) is 0. The van der Waals surface area contributed by atoms with Crippen LogP contribution in [0.3, 0.4) is 0 Å². The molecule has 1 aromatic carbocycles. The molecule has 0 amide bonds. The van der Waals surface area contributed by atoms with Crippen LogP contribution in [-0.2, 0) is 0 Å². The maximum Gasteiger partial charge on any atom is 0.103 e. The van der Waals surface area contributed by atoms with Gasteiger partial charge in [0.25, 0.3) is 0 Å². The molecule has 0 radical (unpaired) electrons. The lowest BCUT2D eigenvalue weighted by molar-refractivity contribution is 0.860. The van der Waals surface area contributed by atoms with Crippen LogP contribution in [0.5, 0.6) is 0 Å². The Labute approximate surface area is 92.5 Å². The van der Waals surface area contributed by atoms with Crippen molar-refractivity contribution >= 4 is 11.6 Å². The Morgan fingerprint density at radius 3 is 2.80 bits per heavy atom. The van der Waals surface area contributed by atoms with Gasteiger partial charge in [0, 0.05) is 6.20 Å². The minimum atomic E-state index is 0.447. The molecule has 4 heteroatoms. The Morgan fingerprint density at radius 2 is 2.20 bits per heavy atom. The smallest absolute Gasteiger partial charge is 0.103 e. The SMILES string of the molecule is Cc1ccn(-c2cccc(Cl)c2C#N)n1. The van der Waals surface area contributed by atoms with E-state index in [0.717, 1.165) is 5.69 Å². The van der Waals surface area contributed by atoms with Crippen LogP contribution in [-0.4, -0.2) is 9.78 Å². The zero-order valence-corrected chi connectivity index (χ0v) is 8.86. The van der Waals surface area contributed by atoms with E-state index in [4.69, 9.17) is 16.9 Å². The van der Waals surface area contributed by atoms with Gasteiger partial charge in [-0.15, -0.1) is 0 Å². The van der Waals surface area contributed by atoms with E-state index in [1.807, 2.05) is 25.3 Å². The summed E-state index contributed by atoms with van der Waals surface area (Å²) in [6, 6.07) is 9.27. The number of halogens is 1. The van der Waals surface area contributed by atoms with Gasteiger partial charge < -0.3 is 0 Å². The first-order chi connectivity index (χ1) is 7.22. The minimum absolute atomic E-state index is 0.447. The molecule has 0 aliphatic rings. The summed E-state index contributed by atoms with van der Waals surface area (Å²) in [4.78, 5) is 0. The molecule has 0 N–H and O–H groups in total. The van der Waals surface area contributed by atoms with Crippen LogP contribution < -0.4 is 0 Å². The first kappa shape index (κ1) is 9.75. The van der Waals surface area contributed by atoms with Crippen LogP contribution in [0.4, 0.5) is 0 Å². The summed E-state index contributed by atoms with van der Waals surface area (Å²) in [5.41, 5.74) is 2.05. The van der Waals surface area contributed by atoms with Crippen molar-refractivity contribution in [3.05, 3.63) is 46.7 Å². The van der Waals surface area contributed by atoms with E-state index in [2.05, 4.69) is 11.2 Å². The molecule has 0 bridgehead atoms. The largest absolute Gasteiger partial charge is 0.239 e. The number of nitriles is 1. The lowest BCUT2D eigenvalue weighted by Gasteiger charge is -2.04. The molecular weight excluding hydrogens is 210 g/mol. The molecular formula is C11H8ClN3. The van der Waals surface area contributed by atoms with Crippen LogP contribution in [0, 0.1) is 18.3 Å². The van der Waals surface area contributed by atoms with Crippen LogP contribution in [0.1, 0.15) is 11.3 Å². The molecule has 0 saturated carbocycles. The van der Waals surface area contributed by atoms with Crippen LogP contribution >= 0.6 is 11.6 Å². The number of aromatic nitrogens is 2. The van der Waals surface area contributed by atoms with Gasteiger partial charge in [0.1, 0.15) is 6.07 Å². The summed E-state index contributed by atoms with van der Waals surface area (Å²) in [6.45, 7) is 1.90. The van der Waals surface area contributed by atoms with E-state index >= 15 is 0 Å². The van der Waals surface area contributed by atoms with Gasteiger partial charge in [-0.25, -0.2) is 4.68 Å². The standard InChI is InChI=1S/C11H8ClN3/c1-8-5-6-15(14-8)11-4-2-3-10(12)9(11)7-13/h2-6H,1H3. The molecule has 0 atom stereocenters. The summed E-state index contributed by atoms with van der Waals surface area (Å²) >= 11 is 5.92. The van der Waals surface area contributed by atoms with E-state index in [1.54, 1.807) is 16.8 Å². The summed E-state index contributed by atoms with van der Waals surface area (Å²) in [7, 11) is 0. The van der Waals surface area contributed by atoms with Crippen molar-refractivity contribution in [3.8, 4) is 11.8 Å². The molecule has 2 rings (SSSR count). The molecule has 0 aliphatic carbocycles. The van der Waals surface area contributed by atoms with E-state index < -0.39 is 0 Å². The molecule has 0 fully saturated rings. The fraction of sp³-hybridized carbons (Fsp3) is 0.0909. The maximum absolute atomic E-state index is 8.99. The lowest BCUT2D eigenvalue weighted by atomic mass is 10.2. The second kappa shape index (κ2) is 3.76. The highest BCUT2D eigenvalue weighted by Gasteiger charge is 2.08. The molecule has 1 aromatic heterocycles. The molecule has 3 nitrogen and oxygen atoms in total. The average molecular weight is 218 g/mol. The minimum Gasteiger partial charge on any atom is -0.239 e. The first-order valence-corrected chi connectivity index (χ1v) is 4.81. The highest BCUT2D eigenvalue weighted by molar-refractivity contribution is 6.32. The Kier molecular flexibility index (Phi) is 2.44. The van der Waals surface area contributed by atoms with Gasteiger partial charge in [0.05, 0.1) is 22.0 Å².